The fourth-order valence-corrected chi connectivity index (χ4v) is 3.68. The van der Waals surface area contributed by atoms with Crippen molar-refractivity contribution in [2.24, 2.45) is 0 Å². The van der Waals surface area contributed by atoms with Crippen LogP contribution in [0.5, 0.6) is 5.75 Å². The molecule has 3 aromatic rings. The summed E-state index contributed by atoms with van der Waals surface area (Å²) in [5, 5.41) is 24.0. The Morgan fingerprint density at radius 1 is 1.22 bits per heavy atom. The van der Waals surface area contributed by atoms with E-state index in [1.54, 1.807) is 55.5 Å². The number of carboxylic acid groups (broad SMARTS) is 1. The van der Waals surface area contributed by atoms with Crippen molar-refractivity contribution in [1.82, 2.24) is 10.3 Å². The minimum atomic E-state index is -1.20. The molecule has 0 aliphatic carbocycles. The van der Waals surface area contributed by atoms with Crippen molar-refractivity contribution < 1.29 is 24.2 Å². The van der Waals surface area contributed by atoms with Crippen molar-refractivity contribution in [3.05, 3.63) is 59.1 Å². The Labute approximate surface area is 212 Å². The molecule has 0 saturated carbocycles. The van der Waals surface area contributed by atoms with Crippen LogP contribution in [0.15, 0.2) is 48.5 Å². The molecule has 1 heterocycles. The highest BCUT2D eigenvalue weighted by atomic mass is 35.5. The summed E-state index contributed by atoms with van der Waals surface area (Å²) in [4.78, 5) is 27.5. The molecule has 10 nitrogen and oxygen atoms in total. The van der Waals surface area contributed by atoms with Gasteiger partial charge in [0.15, 0.2) is 6.79 Å². The highest BCUT2D eigenvalue weighted by Crippen LogP contribution is 2.37. The van der Waals surface area contributed by atoms with Gasteiger partial charge in [-0.15, -0.1) is 0 Å². The zero-order valence-electron chi connectivity index (χ0n) is 19.5. The van der Waals surface area contributed by atoms with Crippen molar-refractivity contribution in [2.45, 2.75) is 19.4 Å². The number of carbonyl (C=O) groups excluding carboxylic acids is 1. The molecule has 1 aromatic heterocycles. The first-order chi connectivity index (χ1) is 17.2. The molecular weight excluding hydrogens is 486 g/mol. The Bertz CT molecular complexity index is 1320. The van der Waals surface area contributed by atoms with E-state index in [-0.39, 0.29) is 30.5 Å². The Hall–Kier alpha value is -4.33. The van der Waals surface area contributed by atoms with Crippen LogP contribution in [0.2, 0.25) is 5.02 Å². The maximum Gasteiger partial charge on any atom is 0.404 e. The third kappa shape index (κ3) is 6.63. The lowest BCUT2D eigenvalue weighted by Gasteiger charge is -2.15. The van der Waals surface area contributed by atoms with E-state index >= 15 is 0 Å². The Morgan fingerprint density at radius 2 is 2.00 bits per heavy atom. The van der Waals surface area contributed by atoms with Crippen LogP contribution < -0.4 is 21.1 Å². The first kappa shape index (κ1) is 26.3. The maximum atomic E-state index is 12.4. The summed E-state index contributed by atoms with van der Waals surface area (Å²) in [6.45, 7) is 1.58. The summed E-state index contributed by atoms with van der Waals surface area (Å²) in [7, 11) is 1.50. The Morgan fingerprint density at radius 3 is 2.69 bits per heavy atom. The summed E-state index contributed by atoms with van der Waals surface area (Å²) >= 11 is 6.13. The average Bonchev–Trinajstić information content (AvgIpc) is 2.81. The van der Waals surface area contributed by atoms with E-state index in [1.807, 2.05) is 0 Å². The van der Waals surface area contributed by atoms with Crippen LogP contribution in [-0.4, -0.2) is 42.0 Å². The molecule has 186 valence electrons. The SMILES string of the molecule is COCOc1cc(Cl)ccc1-c1cc(-c2cccc(NC(=O)CC(C)NC(=O)O)c2)c(C#N)c(N)n1. The van der Waals surface area contributed by atoms with Gasteiger partial charge in [0.25, 0.3) is 0 Å². The van der Waals surface area contributed by atoms with E-state index in [4.69, 9.17) is 31.9 Å². The van der Waals surface area contributed by atoms with Crippen molar-refractivity contribution in [1.29, 1.82) is 5.26 Å². The van der Waals surface area contributed by atoms with Crippen molar-refractivity contribution in [3.8, 4) is 34.2 Å². The zero-order valence-corrected chi connectivity index (χ0v) is 20.3. The number of amides is 2. The molecule has 0 spiro atoms. The molecule has 11 heteroatoms. The van der Waals surface area contributed by atoms with Gasteiger partial charge in [0.1, 0.15) is 23.2 Å². The van der Waals surface area contributed by atoms with Gasteiger partial charge in [0, 0.05) is 41.4 Å². The standard InChI is InChI=1S/C25H24ClN5O5/c1-14(29-25(33)34)8-23(32)30-17-5-3-4-15(9-17)19-11-21(31-24(28)20(19)12-27)18-7-6-16(26)10-22(18)36-13-35-2/h3-7,9-11,14,29H,8,13H2,1-2H3,(H2,28,31)(H,30,32)(H,33,34). The number of anilines is 2. The van der Waals surface area contributed by atoms with Crippen molar-refractivity contribution in [2.75, 3.05) is 25.0 Å². The van der Waals surface area contributed by atoms with Gasteiger partial charge in [-0.25, -0.2) is 9.78 Å². The molecule has 1 atom stereocenters. The second kappa shape index (κ2) is 11.9. The fraction of sp³-hybridized carbons (Fsp3) is 0.200. The van der Waals surface area contributed by atoms with Crippen LogP contribution in [0, 0.1) is 11.3 Å². The van der Waals surface area contributed by atoms with Crippen LogP contribution in [0.3, 0.4) is 0 Å². The van der Waals surface area contributed by atoms with Gasteiger partial charge in [-0.2, -0.15) is 5.26 Å². The lowest BCUT2D eigenvalue weighted by molar-refractivity contribution is -0.116. The van der Waals surface area contributed by atoms with Gasteiger partial charge in [0.05, 0.1) is 5.69 Å². The first-order valence-corrected chi connectivity index (χ1v) is 11.1. The first-order valence-electron chi connectivity index (χ1n) is 10.7. The van der Waals surface area contributed by atoms with Crippen LogP contribution in [0.4, 0.5) is 16.3 Å². The molecule has 0 aliphatic heterocycles. The number of nitriles is 1. The average molecular weight is 510 g/mol. The molecule has 3 rings (SSSR count). The van der Waals surface area contributed by atoms with Gasteiger partial charge < -0.3 is 30.9 Å². The molecule has 0 saturated heterocycles. The second-order valence-electron chi connectivity index (χ2n) is 7.80. The van der Waals surface area contributed by atoms with Crippen LogP contribution >= 0.6 is 11.6 Å². The summed E-state index contributed by atoms with van der Waals surface area (Å²) < 4.78 is 10.6. The molecule has 2 amide bonds. The van der Waals surface area contributed by atoms with Gasteiger partial charge >= 0.3 is 6.09 Å². The highest BCUT2D eigenvalue weighted by molar-refractivity contribution is 6.30. The van der Waals surface area contributed by atoms with Crippen LogP contribution in [0.25, 0.3) is 22.4 Å². The summed E-state index contributed by atoms with van der Waals surface area (Å²) in [6.07, 6.45) is -1.25. The van der Waals surface area contributed by atoms with Gasteiger partial charge in [-0.05, 0) is 48.9 Å². The quantitative estimate of drug-likeness (QED) is 0.307. The Balaban J connectivity index is 1.98. The molecule has 36 heavy (non-hydrogen) atoms. The van der Waals surface area contributed by atoms with Gasteiger partial charge in [0.2, 0.25) is 5.91 Å². The summed E-state index contributed by atoms with van der Waals surface area (Å²) in [5.74, 6) is 0.0857. The van der Waals surface area contributed by atoms with E-state index in [2.05, 4.69) is 21.7 Å². The topological polar surface area (TPSA) is 160 Å². The normalized spacial score (nSPS) is 11.3. The lowest BCUT2D eigenvalue weighted by atomic mass is 9.97. The molecule has 0 fully saturated rings. The lowest BCUT2D eigenvalue weighted by Crippen LogP contribution is -2.34. The Kier molecular flexibility index (Phi) is 8.67. The third-order valence-electron chi connectivity index (χ3n) is 5.03. The maximum absolute atomic E-state index is 12.4. The third-order valence-corrected chi connectivity index (χ3v) is 5.27. The second-order valence-corrected chi connectivity index (χ2v) is 8.24. The minimum Gasteiger partial charge on any atom is -0.467 e. The number of nitrogen functional groups attached to an aromatic ring is 1. The number of nitrogens with two attached hydrogens (primary N) is 1. The van der Waals surface area contributed by atoms with E-state index in [0.717, 1.165) is 0 Å². The zero-order chi connectivity index (χ0) is 26.2. The number of benzene rings is 2. The van der Waals surface area contributed by atoms with Gasteiger partial charge in [-0.3, -0.25) is 4.79 Å². The van der Waals surface area contributed by atoms with Crippen molar-refractivity contribution in [3.63, 3.8) is 0 Å². The molecule has 0 radical (unpaired) electrons. The number of carbonyl (C=O) groups is 2. The number of ether oxygens (including phenoxy) is 2. The molecular formula is C25H24ClN5O5. The van der Waals surface area contributed by atoms with E-state index < -0.39 is 12.1 Å². The van der Waals surface area contributed by atoms with Gasteiger partial charge in [-0.1, -0.05) is 23.7 Å². The molecule has 1 unspecified atom stereocenters. The number of pyridine rings is 1. The molecule has 2 aromatic carbocycles. The number of hydrogen-bond donors (Lipinski definition) is 4. The largest absolute Gasteiger partial charge is 0.467 e. The minimum absolute atomic E-state index is 0.00565. The van der Waals surface area contributed by atoms with Crippen LogP contribution in [0.1, 0.15) is 18.9 Å². The number of halogens is 1. The number of nitrogens with one attached hydrogen (secondary N) is 2. The number of rotatable bonds is 9. The van der Waals surface area contributed by atoms with E-state index in [9.17, 15) is 14.9 Å². The van der Waals surface area contributed by atoms with Crippen molar-refractivity contribution >= 4 is 35.1 Å². The smallest absolute Gasteiger partial charge is 0.404 e. The van der Waals surface area contributed by atoms with Crippen LogP contribution in [-0.2, 0) is 9.53 Å². The molecule has 0 aliphatic rings. The molecule has 0 bridgehead atoms. The number of methoxy groups -OCH3 is 1. The van der Waals surface area contributed by atoms with E-state index in [1.165, 1.54) is 7.11 Å². The van der Waals surface area contributed by atoms with E-state index in [0.29, 0.717) is 38.8 Å². The predicted molar refractivity (Wildman–Crippen MR) is 136 cm³/mol. The number of hydrogen-bond acceptors (Lipinski definition) is 7. The molecule has 5 N–H and O–H groups in total. The summed E-state index contributed by atoms with van der Waals surface area (Å²) in [5.41, 5.74) is 8.96. The predicted octanol–water partition coefficient (Wildman–Crippen LogP) is 4.49. The monoisotopic (exact) mass is 509 g/mol. The summed E-state index contributed by atoms with van der Waals surface area (Å²) in [6, 6.07) is 15.1. The highest BCUT2D eigenvalue weighted by Gasteiger charge is 2.17. The number of nitrogens with zero attached hydrogens (tertiary/aromatic N) is 2. The fourth-order valence-electron chi connectivity index (χ4n) is 3.51. The number of aromatic nitrogens is 1.